The van der Waals surface area contributed by atoms with Gasteiger partial charge in [-0.25, -0.2) is 4.98 Å². The average Bonchev–Trinajstić information content (AvgIpc) is 3.13. The fraction of sp³-hybridized carbons (Fsp3) is 0.450. The predicted molar refractivity (Wildman–Crippen MR) is 114 cm³/mol. The Balaban J connectivity index is 1.55. The summed E-state index contributed by atoms with van der Waals surface area (Å²) in [5.74, 6) is 1.01. The SMILES string of the molecule is CN(CC(=O)Nc1ncccc1OCC1CCCCC1)C(=O)c1ccc(Br)s1. The second kappa shape index (κ2) is 10.0. The molecule has 3 rings (SSSR count). The monoisotopic (exact) mass is 465 g/mol. The van der Waals surface area contributed by atoms with Crippen LogP contribution in [0.1, 0.15) is 41.8 Å². The Kier molecular flexibility index (Phi) is 7.44. The number of carbonyl (C=O) groups excluding carboxylic acids is 2. The van der Waals surface area contributed by atoms with Gasteiger partial charge in [0.05, 0.1) is 21.8 Å². The molecule has 1 aliphatic carbocycles. The van der Waals surface area contributed by atoms with Crippen LogP contribution < -0.4 is 10.1 Å². The summed E-state index contributed by atoms with van der Waals surface area (Å²) in [7, 11) is 1.61. The van der Waals surface area contributed by atoms with Crippen molar-refractivity contribution in [1.29, 1.82) is 0 Å². The van der Waals surface area contributed by atoms with E-state index in [4.69, 9.17) is 4.74 Å². The molecule has 1 fully saturated rings. The highest BCUT2D eigenvalue weighted by Crippen LogP contribution is 2.27. The topological polar surface area (TPSA) is 71.5 Å². The van der Waals surface area contributed by atoms with E-state index in [1.165, 1.54) is 48.3 Å². The van der Waals surface area contributed by atoms with Gasteiger partial charge in [0, 0.05) is 13.2 Å². The van der Waals surface area contributed by atoms with Gasteiger partial charge in [-0.05, 0) is 59.0 Å². The van der Waals surface area contributed by atoms with Crippen LogP contribution in [0, 0.1) is 5.92 Å². The summed E-state index contributed by atoms with van der Waals surface area (Å²) in [5, 5.41) is 2.77. The number of carbonyl (C=O) groups is 2. The first-order chi connectivity index (χ1) is 13.5. The van der Waals surface area contributed by atoms with Crippen molar-refractivity contribution in [2.75, 3.05) is 25.5 Å². The summed E-state index contributed by atoms with van der Waals surface area (Å²) < 4.78 is 6.82. The number of ether oxygens (including phenoxy) is 1. The smallest absolute Gasteiger partial charge is 0.264 e. The molecule has 0 unspecified atom stereocenters. The van der Waals surface area contributed by atoms with E-state index < -0.39 is 0 Å². The second-order valence-electron chi connectivity index (χ2n) is 6.98. The minimum atomic E-state index is -0.312. The van der Waals surface area contributed by atoms with Gasteiger partial charge in [0.15, 0.2) is 11.6 Å². The first-order valence-electron chi connectivity index (χ1n) is 9.41. The summed E-state index contributed by atoms with van der Waals surface area (Å²) >= 11 is 4.68. The van der Waals surface area contributed by atoms with E-state index in [0.717, 1.165) is 3.79 Å². The molecule has 2 aromatic rings. The van der Waals surface area contributed by atoms with Gasteiger partial charge in [-0.2, -0.15) is 0 Å². The molecule has 0 bridgehead atoms. The third-order valence-corrected chi connectivity index (χ3v) is 6.35. The number of rotatable bonds is 7. The zero-order valence-corrected chi connectivity index (χ0v) is 18.2. The summed E-state index contributed by atoms with van der Waals surface area (Å²) in [6.45, 7) is 0.577. The van der Waals surface area contributed by atoms with Gasteiger partial charge in [0.25, 0.3) is 5.91 Å². The normalized spacial score (nSPS) is 14.5. The van der Waals surface area contributed by atoms with Crippen molar-refractivity contribution in [1.82, 2.24) is 9.88 Å². The molecule has 0 aromatic carbocycles. The average molecular weight is 466 g/mol. The van der Waals surface area contributed by atoms with Crippen molar-refractivity contribution < 1.29 is 14.3 Å². The van der Waals surface area contributed by atoms with Crippen molar-refractivity contribution in [2.45, 2.75) is 32.1 Å². The van der Waals surface area contributed by atoms with Crippen LogP contribution in [0.5, 0.6) is 5.75 Å². The Morgan fingerprint density at radius 2 is 2.07 bits per heavy atom. The van der Waals surface area contributed by atoms with Crippen molar-refractivity contribution in [3.05, 3.63) is 39.1 Å². The highest BCUT2D eigenvalue weighted by atomic mass is 79.9. The molecule has 6 nitrogen and oxygen atoms in total. The van der Waals surface area contributed by atoms with Gasteiger partial charge in [-0.3, -0.25) is 9.59 Å². The lowest BCUT2D eigenvalue weighted by molar-refractivity contribution is -0.116. The minimum Gasteiger partial charge on any atom is -0.489 e. The number of thiophene rings is 1. The van der Waals surface area contributed by atoms with Crippen molar-refractivity contribution in [3.8, 4) is 5.75 Å². The molecule has 1 aliphatic rings. The molecule has 0 radical (unpaired) electrons. The number of amides is 2. The lowest BCUT2D eigenvalue weighted by atomic mass is 9.90. The number of aromatic nitrogens is 1. The van der Waals surface area contributed by atoms with E-state index in [-0.39, 0.29) is 18.4 Å². The third-order valence-electron chi connectivity index (χ3n) is 4.74. The highest BCUT2D eigenvalue weighted by molar-refractivity contribution is 9.11. The Morgan fingerprint density at radius 3 is 2.79 bits per heavy atom. The van der Waals surface area contributed by atoms with Gasteiger partial charge in [0.2, 0.25) is 5.91 Å². The van der Waals surface area contributed by atoms with E-state index in [2.05, 4.69) is 26.2 Å². The van der Waals surface area contributed by atoms with E-state index in [1.54, 1.807) is 25.4 Å². The minimum absolute atomic E-state index is 0.0625. The number of hydrogen-bond donors (Lipinski definition) is 1. The van der Waals surface area contributed by atoms with Gasteiger partial charge >= 0.3 is 0 Å². The maximum Gasteiger partial charge on any atom is 0.264 e. The molecule has 150 valence electrons. The molecule has 0 saturated heterocycles. The summed E-state index contributed by atoms with van der Waals surface area (Å²) in [5.41, 5.74) is 0. The van der Waals surface area contributed by atoms with Crippen LogP contribution in [0.2, 0.25) is 0 Å². The van der Waals surface area contributed by atoms with Crippen LogP contribution in [0.15, 0.2) is 34.2 Å². The molecule has 1 N–H and O–H groups in total. The second-order valence-corrected chi connectivity index (χ2v) is 9.44. The highest BCUT2D eigenvalue weighted by Gasteiger charge is 2.19. The number of nitrogens with one attached hydrogen (secondary N) is 1. The summed E-state index contributed by atoms with van der Waals surface area (Å²) in [6, 6.07) is 7.15. The number of hydrogen-bond acceptors (Lipinski definition) is 5. The van der Waals surface area contributed by atoms with Crippen LogP contribution in [-0.4, -0.2) is 41.9 Å². The molecule has 2 amide bonds. The molecular weight excluding hydrogens is 442 g/mol. The van der Waals surface area contributed by atoms with Gasteiger partial charge < -0.3 is 15.0 Å². The first-order valence-corrected chi connectivity index (χ1v) is 11.0. The van der Waals surface area contributed by atoms with E-state index in [9.17, 15) is 9.59 Å². The number of likely N-dealkylation sites (N-methyl/N-ethyl adjacent to an activating group) is 1. The fourth-order valence-corrected chi connectivity index (χ4v) is 4.62. The fourth-order valence-electron chi connectivity index (χ4n) is 3.24. The molecule has 0 aliphatic heterocycles. The number of halogens is 1. The summed E-state index contributed by atoms with van der Waals surface area (Å²) in [4.78, 5) is 31.0. The maximum absolute atomic E-state index is 12.4. The van der Waals surface area contributed by atoms with Gasteiger partial charge in [-0.1, -0.05) is 19.3 Å². The molecule has 2 heterocycles. The maximum atomic E-state index is 12.4. The molecule has 0 atom stereocenters. The van der Waals surface area contributed by atoms with Crippen molar-refractivity contribution in [3.63, 3.8) is 0 Å². The van der Waals surface area contributed by atoms with E-state index in [0.29, 0.717) is 29.0 Å². The predicted octanol–water partition coefficient (Wildman–Crippen LogP) is 4.58. The van der Waals surface area contributed by atoms with E-state index >= 15 is 0 Å². The first kappa shape index (κ1) is 20.8. The molecule has 0 spiro atoms. The van der Waals surface area contributed by atoms with E-state index in [1.807, 2.05) is 12.1 Å². The molecule has 28 heavy (non-hydrogen) atoms. The number of pyridine rings is 1. The lowest BCUT2D eigenvalue weighted by Crippen LogP contribution is -2.34. The standard InChI is InChI=1S/C20H24BrN3O3S/c1-24(20(26)16-9-10-17(21)28-16)12-18(25)23-19-15(8-5-11-22-19)27-13-14-6-3-2-4-7-14/h5,8-11,14H,2-4,6-7,12-13H2,1H3,(H,22,23,25). The van der Waals surface area contributed by atoms with Crippen LogP contribution in [-0.2, 0) is 4.79 Å². The van der Waals surface area contributed by atoms with Crippen LogP contribution in [0.3, 0.4) is 0 Å². The Bertz CT molecular complexity index is 821. The largest absolute Gasteiger partial charge is 0.489 e. The van der Waals surface area contributed by atoms with Gasteiger partial charge in [-0.15, -0.1) is 11.3 Å². The third kappa shape index (κ3) is 5.78. The molecular formula is C20H24BrN3O3S. The molecule has 8 heteroatoms. The van der Waals surface area contributed by atoms with Gasteiger partial charge in [0.1, 0.15) is 0 Å². The zero-order valence-electron chi connectivity index (χ0n) is 15.8. The number of nitrogens with zero attached hydrogens (tertiary/aromatic N) is 2. The quantitative estimate of drug-likeness (QED) is 0.649. The van der Waals surface area contributed by atoms with Crippen molar-refractivity contribution in [2.24, 2.45) is 5.92 Å². The Labute approximate surface area is 177 Å². The van der Waals surface area contributed by atoms with Crippen LogP contribution in [0.4, 0.5) is 5.82 Å². The Morgan fingerprint density at radius 1 is 1.29 bits per heavy atom. The lowest BCUT2D eigenvalue weighted by Gasteiger charge is -2.22. The molecule has 1 saturated carbocycles. The Hall–Kier alpha value is -1.93. The van der Waals surface area contributed by atoms with Crippen LogP contribution in [0.25, 0.3) is 0 Å². The van der Waals surface area contributed by atoms with Crippen LogP contribution >= 0.6 is 27.3 Å². The zero-order chi connectivity index (χ0) is 19.9. The number of anilines is 1. The van der Waals surface area contributed by atoms with Crippen molar-refractivity contribution >= 4 is 44.9 Å². The summed E-state index contributed by atoms with van der Waals surface area (Å²) in [6.07, 6.45) is 7.81. The molecule has 2 aromatic heterocycles.